The van der Waals surface area contributed by atoms with Gasteiger partial charge in [0, 0.05) is 12.7 Å². The van der Waals surface area contributed by atoms with Crippen LogP contribution >= 0.6 is 0 Å². The van der Waals surface area contributed by atoms with Crippen LogP contribution in [-0.2, 0) is 4.79 Å². The van der Waals surface area contributed by atoms with Crippen LogP contribution in [0, 0.1) is 5.92 Å². The van der Waals surface area contributed by atoms with Crippen molar-refractivity contribution in [3.05, 3.63) is 18.3 Å². The number of hydrogen-bond donors (Lipinski definition) is 2. The first kappa shape index (κ1) is 17.3. The Balaban J connectivity index is 2.57. The second-order valence-corrected chi connectivity index (χ2v) is 5.86. The Morgan fingerprint density at radius 2 is 2.00 bits per heavy atom. The van der Waals surface area contributed by atoms with Crippen LogP contribution in [0.25, 0.3) is 0 Å². The number of amides is 1. The van der Waals surface area contributed by atoms with Gasteiger partial charge in [-0.2, -0.15) is 0 Å². The number of pyridine rings is 1. The molecule has 0 saturated heterocycles. The first-order valence-corrected chi connectivity index (χ1v) is 7.56. The zero-order valence-corrected chi connectivity index (χ0v) is 13.6. The van der Waals surface area contributed by atoms with E-state index in [1.54, 1.807) is 6.20 Å². The van der Waals surface area contributed by atoms with Crippen molar-refractivity contribution >= 4 is 11.6 Å². The summed E-state index contributed by atoms with van der Waals surface area (Å²) in [5, 5.41) is 6.09. The van der Waals surface area contributed by atoms with E-state index in [9.17, 15) is 4.79 Å². The van der Waals surface area contributed by atoms with E-state index in [0.717, 1.165) is 12.1 Å². The Morgan fingerprint density at radius 1 is 1.29 bits per heavy atom. The summed E-state index contributed by atoms with van der Waals surface area (Å²) in [4.78, 5) is 16.2. The van der Waals surface area contributed by atoms with E-state index in [-0.39, 0.29) is 18.1 Å². The molecule has 0 aromatic carbocycles. The van der Waals surface area contributed by atoms with E-state index in [2.05, 4.69) is 29.5 Å². The van der Waals surface area contributed by atoms with Gasteiger partial charge in [-0.15, -0.1) is 0 Å². The Labute approximate surface area is 127 Å². The van der Waals surface area contributed by atoms with Crippen molar-refractivity contribution in [2.45, 2.75) is 53.2 Å². The zero-order valence-electron chi connectivity index (χ0n) is 13.6. The monoisotopic (exact) mass is 293 g/mol. The number of carbonyl (C=O) groups is 1. The second kappa shape index (κ2) is 8.49. The van der Waals surface area contributed by atoms with E-state index in [0.29, 0.717) is 18.3 Å². The highest BCUT2D eigenvalue weighted by Crippen LogP contribution is 2.22. The maximum absolute atomic E-state index is 12.0. The van der Waals surface area contributed by atoms with Crippen molar-refractivity contribution in [2.75, 3.05) is 11.9 Å². The Morgan fingerprint density at radius 3 is 2.62 bits per heavy atom. The number of hydrogen-bond acceptors (Lipinski definition) is 4. The van der Waals surface area contributed by atoms with Gasteiger partial charge in [0.15, 0.2) is 0 Å². The fourth-order valence-corrected chi connectivity index (χ4v) is 1.75. The molecule has 1 amide bonds. The smallest absolute Gasteiger partial charge is 0.242 e. The second-order valence-electron chi connectivity index (χ2n) is 5.86. The van der Waals surface area contributed by atoms with Gasteiger partial charge in [0.05, 0.1) is 11.8 Å². The van der Waals surface area contributed by atoms with Gasteiger partial charge in [-0.25, -0.2) is 4.98 Å². The molecule has 1 rings (SSSR count). The van der Waals surface area contributed by atoms with Crippen LogP contribution in [-0.4, -0.2) is 29.6 Å². The fourth-order valence-electron chi connectivity index (χ4n) is 1.75. The zero-order chi connectivity index (χ0) is 15.8. The molecule has 0 fully saturated rings. The van der Waals surface area contributed by atoms with Gasteiger partial charge in [-0.1, -0.05) is 13.8 Å². The standard InChI is InChI=1S/C16H27N3O2/c1-11(2)8-10-17-15(20)13(5)19-14-7-6-9-18-16(14)21-12(3)4/h6-7,9,11-13,19H,8,10H2,1-5H3,(H,17,20). The minimum Gasteiger partial charge on any atom is -0.473 e. The summed E-state index contributed by atoms with van der Waals surface area (Å²) < 4.78 is 5.63. The summed E-state index contributed by atoms with van der Waals surface area (Å²) in [5.74, 6) is 1.09. The summed E-state index contributed by atoms with van der Waals surface area (Å²) in [6.45, 7) is 10.7. The summed E-state index contributed by atoms with van der Waals surface area (Å²) in [5.41, 5.74) is 0.734. The van der Waals surface area contributed by atoms with Crippen molar-refractivity contribution in [3.8, 4) is 5.88 Å². The van der Waals surface area contributed by atoms with E-state index in [1.807, 2.05) is 32.9 Å². The fraction of sp³-hybridized carbons (Fsp3) is 0.625. The molecule has 1 heterocycles. The van der Waals surface area contributed by atoms with E-state index in [1.165, 1.54) is 0 Å². The Hall–Kier alpha value is -1.78. The molecule has 0 aliphatic carbocycles. The average Bonchev–Trinajstić information content (AvgIpc) is 2.39. The maximum atomic E-state index is 12.0. The van der Waals surface area contributed by atoms with Crippen LogP contribution in [0.15, 0.2) is 18.3 Å². The summed E-state index contributed by atoms with van der Waals surface area (Å²) in [6, 6.07) is 3.34. The van der Waals surface area contributed by atoms with Gasteiger partial charge < -0.3 is 15.4 Å². The maximum Gasteiger partial charge on any atom is 0.242 e. The quantitative estimate of drug-likeness (QED) is 0.773. The molecule has 0 aliphatic heterocycles. The van der Waals surface area contributed by atoms with Gasteiger partial charge >= 0.3 is 0 Å². The summed E-state index contributed by atoms with van der Waals surface area (Å²) in [7, 11) is 0. The molecule has 118 valence electrons. The molecule has 1 aromatic rings. The highest BCUT2D eigenvalue weighted by Gasteiger charge is 2.15. The highest BCUT2D eigenvalue weighted by molar-refractivity contribution is 5.84. The number of aromatic nitrogens is 1. The number of nitrogens with one attached hydrogen (secondary N) is 2. The summed E-state index contributed by atoms with van der Waals surface area (Å²) in [6.07, 6.45) is 2.69. The van der Waals surface area contributed by atoms with E-state index < -0.39 is 0 Å². The van der Waals surface area contributed by atoms with Crippen molar-refractivity contribution in [2.24, 2.45) is 5.92 Å². The minimum atomic E-state index is -0.337. The molecule has 0 spiro atoms. The van der Waals surface area contributed by atoms with Crippen LogP contribution in [0.1, 0.15) is 41.0 Å². The molecule has 0 saturated carbocycles. The van der Waals surface area contributed by atoms with E-state index in [4.69, 9.17) is 4.74 Å². The first-order chi connectivity index (χ1) is 9.90. The molecule has 1 atom stereocenters. The molecular weight excluding hydrogens is 266 g/mol. The molecule has 0 aliphatic rings. The highest BCUT2D eigenvalue weighted by atomic mass is 16.5. The van der Waals surface area contributed by atoms with E-state index >= 15 is 0 Å². The van der Waals surface area contributed by atoms with Gasteiger partial charge in [-0.05, 0) is 45.2 Å². The Kier molecular flexibility index (Phi) is 6.99. The predicted molar refractivity (Wildman–Crippen MR) is 85.6 cm³/mol. The number of rotatable bonds is 8. The van der Waals surface area contributed by atoms with Crippen molar-refractivity contribution in [1.29, 1.82) is 0 Å². The minimum absolute atomic E-state index is 0.0185. The van der Waals surface area contributed by atoms with Gasteiger partial charge in [0.25, 0.3) is 0 Å². The molecule has 2 N–H and O–H groups in total. The Bertz CT molecular complexity index is 447. The van der Waals surface area contributed by atoms with Crippen LogP contribution in [0.4, 0.5) is 5.69 Å². The van der Waals surface area contributed by atoms with Gasteiger partial charge in [0.2, 0.25) is 11.8 Å². The van der Waals surface area contributed by atoms with Crippen LogP contribution < -0.4 is 15.4 Å². The predicted octanol–water partition coefficient (Wildman–Crippen LogP) is 2.83. The number of nitrogens with zero attached hydrogens (tertiary/aromatic N) is 1. The van der Waals surface area contributed by atoms with Crippen LogP contribution in [0.3, 0.4) is 0 Å². The number of anilines is 1. The third-order valence-electron chi connectivity index (χ3n) is 2.90. The van der Waals surface area contributed by atoms with Crippen molar-refractivity contribution in [3.63, 3.8) is 0 Å². The average molecular weight is 293 g/mol. The normalized spacial score (nSPS) is 12.3. The molecule has 5 heteroatoms. The molecule has 0 bridgehead atoms. The lowest BCUT2D eigenvalue weighted by atomic mass is 10.1. The third-order valence-corrected chi connectivity index (χ3v) is 2.90. The first-order valence-electron chi connectivity index (χ1n) is 7.56. The third kappa shape index (κ3) is 6.47. The molecule has 1 unspecified atom stereocenters. The van der Waals surface area contributed by atoms with Crippen molar-refractivity contribution < 1.29 is 9.53 Å². The van der Waals surface area contributed by atoms with Crippen molar-refractivity contribution in [1.82, 2.24) is 10.3 Å². The largest absolute Gasteiger partial charge is 0.473 e. The van der Waals surface area contributed by atoms with Gasteiger partial charge in [0.1, 0.15) is 6.04 Å². The van der Waals surface area contributed by atoms with Crippen LogP contribution in [0.5, 0.6) is 5.88 Å². The molecule has 0 radical (unpaired) electrons. The number of carbonyl (C=O) groups excluding carboxylic acids is 1. The van der Waals surface area contributed by atoms with Crippen LogP contribution in [0.2, 0.25) is 0 Å². The SMILES string of the molecule is CC(C)CCNC(=O)C(C)Nc1cccnc1OC(C)C. The molecule has 5 nitrogen and oxygen atoms in total. The number of ether oxygens (including phenoxy) is 1. The molecule has 21 heavy (non-hydrogen) atoms. The van der Waals surface area contributed by atoms with Gasteiger partial charge in [-0.3, -0.25) is 4.79 Å². The topological polar surface area (TPSA) is 63.2 Å². The molecule has 1 aromatic heterocycles. The lowest BCUT2D eigenvalue weighted by Crippen LogP contribution is -2.38. The molecular formula is C16H27N3O2. The lowest BCUT2D eigenvalue weighted by Gasteiger charge is -2.18. The lowest BCUT2D eigenvalue weighted by molar-refractivity contribution is -0.121. The summed E-state index contributed by atoms with van der Waals surface area (Å²) >= 11 is 0.